The average molecular weight is 278 g/mol. The predicted molar refractivity (Wildman–Crippen MR) is 83.1 cm³/mol. The second-order valence-electron chi connectivity index (χ2n) is 5.10. The number of rotatable bonds is 9. The molecular formula is C16H26N2O2. The highest BCUT2D eigenvalue weighted by molar-refractivity contribution is 5.95. The molecule has 0 bridgehead atoms. The normalized spacial score (nSPS) is 11.9. The third kappa shape index (κ3) is 6.06. The van der Waals surface area contributed by atoms with Crippen LogP contribution in [-0.4, -0.2) is 30.2 Å². The molecule has 4 heteroatoms. The van der Waals surface area contributed by atoms with Crippen LogP contribution in [-0.2, 0) is 0 Å². The summed E-state index contributed by atoms with van der Waals surface area (Å²) in [4.78, 5) is 11.8. The van der Waals surface area contributed by atoms with Crippen LogP contribution in [0.1, 0.15) is 49.9 Å². The van der Waals surface area contributed by atoms with Gasteiger partial charge in [0.1, 0.15) is 0 Å². The number of carbonyl (C=O) groups is 1. The van der Waals surface area contributed by atoms with Gasteiger partial charge < -0.3 is 15.7 Å². The van der Waals surface area contributed by atoms with E-state index in [1.54, 1.807) is 6.07 Å². The highest BCUT2D eigenvalue weighted by Crippen LogP contribution is 2.14. The van der Waals surface area contributed by atoms with Crippen molar-refractivity contribution in [2.75, 3.05) is 18.5 Å². The third-order valence-corrected chi connectivity index (χ3v) is 3.18. The molecule has 20 heavy (non-hydrogen) atoms. The van der Waals surface area contributed by atoms with Gasteiger partial charge in [-0.2, -0.15) is 0 Å². The predicted octanol–water partition coefficient (Wildman–Crippen LogP) is 2.79. The SMILES string of the molecule is CCCCCC(C)Nc1cccc(C(=O)NCCO)c1. The van der Waals surface area contributed by atoms with Gasteiger partial charge in [0.05, 0.1) is 6.61 Å². The van der Waals surface area contributed by atoms with Crippen molar-refractivity contribution in [3.63, 3.8) is 0 Å². The monoisotopic (exact) mass is 278 g/mol. The molecule has 1 aromatic carbocycles. The Hall–Kier alpha value is -1.55. The molecule has 112 valence electrons. The van der Waals surface area contributed by atoms with E-state index in [1.165, 1.54) is 19.3 Å². The van der Waals surface area contributed by atoms with E-state index in [1.807, 2.05) is 18.2 Å². The number of carbonyl (C=O) groups excluding carboxylic acids is 1. The summed E-state index contributed by atoms with van der Waals surface area (Å²) in [5, 5.41) is 14.8. The number of hydrogen-bond donors (Lipinski definition) is 3. The molecule has 1 rings (SSSR count). The molecule has 0 radical (unpaired) electrons. The van der Waals surface area contributed by atoms with Crippen molar-refractivity contribution in [3.05, 3.63) is 29.8 Å². The Morgan fingerprint density at radius 1 is 1.35 bits per heavy atom. The zero-order chi connectivity index (χ0) is 14.8. The molecule has 0 aliphatic carbocycles. The average Bonchev–Trinajstić information content (AvgIpc) is 2.45. The molecule has 0 heterocycles. The van der Waals surface area contributed by atoms with Crippen molar-refractivity contribution in [1.29, 1.82) is 0 Å². The first kappa shape index (κ1) is 16.5. The van der Waals surface area contributed by atoms with Crippen molar-refractivity contribution in [2.45, 2.75) is 45.6 Å². The van der Waals surface area contributed by atoms with Gasteiger partial charge in [-0.1, -0.05) is 32.3 Å². The molecule has 0 saturated heterocycles. The summed E-state index contributed by atoms with van der Waals surface area (Å²) < 4.78 is 0. The maximum absolute atomic E-state index is 11.8. The van der Waals surface area contributed by atoms with E-state index in [4.69, 9.17) is 5.11 Å². The number of hydrogen-bond acceptors (Lipinski definition) is 3. The quantitative estimate of drug-likeness (QED) is 0.609. The standard InChI is InChI=1S/C16H26N2O2/c1-3-4-5-7-13(2)18-15-9-6-8-14(12-15)16(20)17-10-11-19/h6,8-9,12-13,18-19H,3-5,7,10-11H2,1-2H3,(H,17,20). The molecule has 4 nitrogen and oxygen atoms in total. The summed E-state index contributed by atoms with van der Waals surface area (Å²) in [6, 6.07) is 7.87. The zero-order valence-corrected chi connectivity index (χ0v) is 12.5. The lowest BCUT2D eigenvalue weighted by atomic mass is 10.1. The van der Waals surface area contributed by atoms with Crippen molar-refractivity contribution in [3.8, 4) is 0 Å². The topological polar surface area (TPSA) is 61.4 Å². The fourth-order valence-corrected chi connectivity index (χ4v) is 2.08. The Balaban J connectivity index is 2.52. The van der Waals surface area contributed by atoms with Crippen LogP contribution in [0.3, 0.4) is 0 Å². The maximum Gasteiger partial charge on any atom is 0.251 e. The molecule has 0 saturated carbocycles. The Morgan fingerprint density at radius 2 is 2.15 bits per heavy atom. The first-order valence-corrected chi connectivity index (χ1v) is 7.43. The third-order valence-electron chi connectivity index (χ3n) is 3.18. The molecule has 0 fully saturated rings. The summed E-state index contributed by atoms with van der Waals surface area (Å²) >= 11 is 0. The van der Waals surface area contributed by atoms with E-state index < -0.39 is 0 Å². The van der Waals surface area contributed by atoms with Gasteiger partial charge >= 0.3 is 0 Å². The molecular weight excluding hydrogens is 252 g/mol. The van der Waals surface area contributed by atoms with Crippen molar-refractivity contribution in [2.24, 2.45) is 0 Å². The highest BCUT2D eigenvalue weighted by Gasteiger charge is 2.07. The van der Waals surface area contributed by atoms with Gasteiger partial charge in [-0.15, -0.1) is 0 Å². The van der Waals surface area contributed by atoms with Crippen molar-refractivity contribution < 1.29 is 9.90 Å². The van der Waals surface area contributed by atoms with E-state index in [2.05, 4.69) is 24.5 Å². The zero-order valence-electron chi connectivity index (χ0n) is 12.5. The molecule has 0 aromatic heterocycles. The number of amides is 1. The number of aliphatic hydroxyl groups excluding tert-OH is 1. The summed E-state index contributed by atoms with van der Waals surface area (Å²) in [5.74, 6) is -0.152. The largest absolute Gasteiger partial charge is 0.395 e. The van der Waals surface area contributed by atoms with Gasteiger partial charge in [0.15, 0.2) is 0 Å². The van der Waals surface area contributed by atoms with Crippen LogP contribution < -0.4 is 10.6 Å². The highest BCUT2D eigenvalue weighted by atomic mass is 16.3. The van der Waals surface area contributed by atoms with Crippen LogP contribution in [0.2, 0.25) is 0 Å². The van der Waals surface area contributed by atoms with Crippen molar-refractivity contribution in [1.82, 2.24) is 5.32 Å². The molecule has 0 aliphatic rings. The minimum Gasteiger partial charge on any atom is -0.395 e. The molecule has 1 unspecified atom stereocenters. The van der Waals surface area contributed by atoms with Gasteiger partial charge in [0.2, 0.25) is 0 Å². The van der Waals surface area contributed by atoms with E-state index in [9.17, 15) is 4.79 Å². The number of anilines is 1. The number of nitrogens with one attached hydrogen (secondary N) is 2. The Morgan fingerprint density at radius 3 is 2.85 bits per heavy atom. The first-order chi connectivity index (χ1) is 9.67. The van der Waals surface area contributed by atoms with Crippen LogP contribution in [0.15, 0.2) is 24.3 Å². The second-order valence-corrected chi connectivity index (χ2v) is 5.10. The number of aliphatic hydroxyl groups is 1. The van der Waals surface area contributed by atoms with Crippen LogP contribution in [0, 0.1) is 0 Å². The van der Waals surface area contributed by atoms with E-state index in [0.717, 1.165) is 12.1 Å². The minimum absolute atomic E-state index is 0.0435. The summed E-state index contributed by atoms with van der Waals surface area (Å²) in [6.45, 7) is 4.60. The summed E-state index contributed by atoms with van der Waals surface area (Å²) in [5.41, 5.74) is 1.58. The maximum atomic E-state index is 11.8. The fourth-order valence-electron chi connectivity index (χ4n) is 2.08. The second kappa shape index (κ2) is 9.37. The smallest absolute Gasteiger partial charge is 0.251 e. The van der Waals surface area contributed by atoms with Crippen LogP contribution in [0.25, 0.3) is 0 Å². The van der Waals surface area contributed by atoms with Gasteiger partial charge in [0.25, 0.3) is 5.91 Å². The van der Waals surface area contributed by atoms with Gasteiger partial charge in [-0.05, 0) is 31.5 Å². The molecule has 0 spiro atoms. The van der Waals surface area contributed by atoms with Crippen molar-refractivity contribution >= 4 is 11.6 Å². The molecule has 0 aliphatic heterocycles. The number of unbranched alkanes of at least 4 members (excludes halogenated alkanes) is 2. The summed E-state index contributed by atoms with van der Waals surface area (Å²) in [6.07, 6.45) is 4.85. The van der Waals surface area contributed by atoms with E-state index >= 15 is 0 Å². The Labute approximate surface area is 121 Å². The van der Waals surface area contributed by atoms with Gasteiger partial charge in [0, 0.05) is 23.8 Å². The molecule has 1 atom stereocenters. The van der Waals surface area contributed by atoms with Gasteiger partial charge in [-0.25, -0.2) is 0 Å². The van der Waals surface area contributed by atoms with E-state index in [-0.39, 0.29) is 19.1 Å². The first-order valence-electron chi connectivity index (χ1n) is 7.43. The lowest BCUT2D eigenvalue weighted by molar-refractivity contribution is 0.0945. The number of benzene rings is 1. The van der Waals surface area contributed by atoms with Gasteiger partial charge in [-0.3, -0.25) is 4.79 Å². The fraction of sp³-hybridized carbons (Fsp3) is 0.562. The van der Waals surface area contributed by atoms with Crippen LogP contribution >= 0.6 is 0 Å². The molecule has 1 amide bonds. The molecule has 3 N–H and O–H groups in total. The minimum atomic E-state index is -0.152. The van der Waals surface area contributed by atoms with Crippen LogP contribution in [0.4, 0.5) is 5.69 Å². The van der Waals surface area contributed by atoms with E-state index in [0.29, 0.717) is 11.6 Å². The van der Waals surface area contributed by atoms with Crippen LogP contribution in [0.5, 0.6) is 0 Å². The Bertz CT molecular complexity index is 407. The molecule has 1 aromatic rings. The lowest BCUT2D eigenvalue weighted by Crippen LogP contribution is -2.26. The Kier molecular flexibility index (Phi) is 7.73. The summed E-state index contributed by atoms with van der Waals surface area (Å²) in [7, 11) is 0. The lowest BCUT2D eigenvalue weighted by Gasteiger charge is -2.15.